The molecule has 0 amide bonds. The van der Waals surface area contributed by atoms with Gasteiger partial charge in [0.15, 0.2) is 30.9 Å². The molecule has 0 aromatic heterocycles. The Hall–Kier alpha value is -1.06. The standard InChI is InChI=1S/C51H82O20/c1-20-10-15-51(62-19-20)21(2)32-30(71-51)17-29-27-9-8-25-16-26(11-13-49(25,6)28(27)12-14-50(29,32)7)66-47-41(61)43(69-45-39(59)36(56)33(53)22(3)63-45)42(31(18-52)67-47)68-48-44(38(58)35(55)24(5)65-48)70-46-40(60)37(57)34(54)23(4)64-46/h8,20-24,26-48,52-61H,9-19H2,1-7H3/t20-,21+,22?,23?,24?,26+,27-,28+,29+,30+,31?,32+,33?,34?,35?,36?,37?,38?,39?,40?,41?,42?,43?,44?,45?,46?,47?,48?,49+,50+,51-/m1/s1. The first-order chi connectivity index (χ1) is 33.6. The van der Waals surface area contributed by atoms with Crippen molar-refractivity contribution in [2.75, 3.05) is 13.2 Å². The predicted molar refractivity (Wildman–Crippen MR) is 244 cm³/mol. The summed E-state index contributed by atoms with van der Waals surface area (Å²) in [6, 6.07) is 0. The molecule has 0 aromatic rings. The number of rotatable bonds is 9. The average molecular weight is 1020 g/mol. The van der Waals surface area contributed by atoms with Crippen LogP contribution in [0, 0.1) is 46.3 Å². The molecule has 10 N–H and O–H groups in total. The van der Waals surface area contributed by atoms with Gasteiger partial charge >= 0.3 is 0 Å². The number of aliphatic hydroxyl groups is 10. The third-order valence-corrected chi connectivity index (χ3v) is 19.7. The second kappa shape index (κ2) is 20.1. The molecule has 20 unspecified atom stereocenters. The second-order valence-electron chi connectivity index (χ2n) is 23.8. The van der Waals surface area contributed by atoms with Crippen LogP contribution < -0.4 is 0 Å². The second-order valence-corrected chi connectivity index (χ2v) is 23.8. The zero-order valence-electron chi connectivity index (χ0n) is 42.1. The highest BCUT2D eigenvalue weighted by Crippen LogP contribution is 2.71. The van der Waals surface area contributed by atoms with Gasteiger partial charge in [-0.15, -0.1) is 0 Å². The molecule has 10 rings (SSSR count). The van der Waals surface area contributed by atoms with Crippen molar-refractivity contribution >= 4 is 0 Å². The fraction of sp³-hybridized carbons (Fsp3) is 0.961. The van der Waals surface area contributed by atoms with Crippen LogP contribution in [0.2, 0.25) is 0 Å². The SMILES string of the molecule is CC1OC(OC2C(OC3C(CO)OC(O[C@H]4CC[C@@]5(C)C(=CC[C@H]6[C@@H]7C[C@@H]8O[C@]9(CC[C@@H](C)CO9)[C@@H](C)[C@@H]8[C@@]7(C)CC[C@@H]65)C4)C(O)C3OC3OC(C)C(O)C(O)C3O)OC(C)C(O)C2O)C(O)C(O)C1O. The van der Waals surface area contributed by atoms with Gasteiger partial charge in [-0.05, 0) is 113 Å². The van der Waals surface area contributed by atoms with Crippen molar-refractivity contribution in [2.24, 2.45) is 46.3 Å². The molecule has 0 bridgehead atoms. The highest BCUT2D eigenvalue weighted by Gasteiger charge is 2.69. The Labute approximate surface area is 415 Å². The van der Waals surface area contributed by atoms with Gasteiger partial charge in [0.25, 0.3) is 0 Å². The van der Waals surface area contributed by atoms with Crippen LogP contribution >= 0.6 is 0 Å². The van der Waals surface area contributed by atoms with Gasteiger partial charge in [0.1, 0.15) is 79.4 Å². The molecule has 10 aliphatic rings. The van der Waals surface area contributed by atoms with E-state index in [1.165, 1.54) is 26.3 Å². The molecule has 1 spiro atoms. The minimum atomic E-state index is -1.81. The van der Waals surface area contributed by atoms with Gasteiger partial charge in [-0.3, -0.25) is 0 Å². The van der Waals surface area contributed by atoms with E-state index in [0.29, 0.717) is 48.3 Å². The Morgan fingerprint density at radius 1 is 0.592 bits per heavy atom. The van der Waals surface area contributed by atoms with Crippen molar-refractivity contribution < 1.29 is 98.4 Å². The molecule has 0 aromatic carbocycles. The first-order valence-corrected chi connectivity index (χ1v) is 26.6. The molecule has 71 heavy (non-hydrogen) atoms. The number of hydrogen-bond acceptors (Lipinski definition) is 20. The fourth-order valence-corrected chi connectivity index (χ4v) is 15.4. The van der Waals surface area contributed by atoms with Crippen LogP contribution in [0.5, 0.6) is 0 Å². The van der Waals surface area contributed by atoms with E-state index < -0.39 is 141 Å². The lowest BCUT2D eigenvalue weighted by Crippen LogP contribution is -2.67. The number of fused-ring (bicyclic) bond motifs is 7. The Morgan fingerprint density at radius 3 is 1.80 bits per heavy atom. The molecule has 406 valence electrons. The van der Waals surface area contributed by atoms with Gasteiger partial charge < -0.3 is 98.4 Å². The van der Waals surface area contributed by atoms with Crippen LogP contribution in [0.3, 0.4) is 0 Å². The minimum Gasteiger partial charge on any atom is -0.394 e. The lowest BCUT2D eigenvalue weighted by atomic mass is 9.47. The largest absolute Gasteiger partial charge is 0.394 e. The number of aliphatic hydroxyl groups excluding tert-OH is 10. The van der Waals surface area contributed by atoms with Crippen LogP contribution in [0.15, 0.2) is 11.6 Å². The van der Waals surface area contributed by atoms with Crippen molar-refractivity contribution in [3.05, 3.63) is 11.6 Å². The summed E-state index contributed by atoms with van der Waals surface area (Å²) >= 11 is 0. The monoisotopic (exact) mass is 1010 g/mol. The van der Waals surface area contributed by atoms with Crippen LogP contribution in [0.1, 0.15) is 106 Å². The van der Waals surface area contributed by atoms with Gasteiger partial charge in [-0.1, -0.05) is 39.3 Å². The summed E-state index contributed by atoms with van der Waals surface area (Å²) in [6.45, 7) is 14.0. The maximum Gasteiger partial charge on any atom is 0.187 e. The Morgan fingerprint density at radius 2 is 1.18 bits per heavy atom. The summed E-state index contributed by atoms with van der Waals surface area (Å²) in [6.07, 6.45) is -19.9. The van der Waals surface area contributed by atoms with Crippen molar-refractivity contribution in [2.45, 2.75) is 247 Å². The summed E-state index contributed by atoms with van der Waals surface area (Å²) in [7, 11) is 0. The van der Waals surface area contributed by atoms with Crippen LogP contribution in [0.4, 0.5) is 0 Å². The van der Waals surface area contributed by atoms with Gasteiger partial charge in [0.2, 0.25) is 0 Å². The number of allylic oxidation sites excluding steroid dienone is 1. The average Bonchev–Trinajstić information content (AvgIpc) is 3.79. The number of hydrogen-bond donors (Lipinski definition) is 10. The quantitative estimate of drug-likeness (QED) is 0.137. The molecular weight excluding hydrogens is 933 g/mol. The first kappa shape index (κ1) is 53.3. The topological polar surface area (TPSA) is 295 Å². The minimum absolute atomic E-state index is 0.0541. The molecule has 20 nitrogen and oxygen atoms in total. The molecule has 0 radical (unpaired) electrons. The van der Waals surface area contributed by atoms with Gasteiger partial charge in [0.05, 0.1) is 43.7 Å². The molecule has 3 saturated carbocycles. The highest BCUT2D eigenvalue weighted by atomic mass is 16.8. The van der Waals surface area contributed by atoms with Crippen molar-refractivity contribution in [3.8, 4) is 0 Å². The van der Waals surface area contributed by atoms with Crippen LogP contribution in [-0.4, -0.2) is 205 Å². The van der Waals surface area contributed by atoms with Crippen molar-refractivity contribution in [3.63, 3.8) is 0 Å². The van der Waals surface area contributed by atoms with E-state index in [-0.39, 0.29) is 16.9 Å². The number of ether oxygens (including phenoxy) is 10. The fourth-order valence-electron chi connectivity index (χ4n) is 15.4. The summed E-state index contributed by atoms with van der Waals surface area (Å²) < 4.78 is 62.7. The van der Waals surface area contributed by atoms with Crippen LogP contribution in [0.25, 0.3) is 0 Å². The van der Waals surface area contributed by atoms with Crippen molar-refractivity contribution in [1.82, 2.24) is 0 Å². The van der Waals surface area contributed by atoms with E-state index in [2.05, 4.69) is 33.8 Å². The molecule has 20 heteroatoms. The third-order valence-electron chi connectivity index (χ3n) is 19.7. The van der Waals surface area contributed by atoms with E-state index in [1.807, 2.05) is 0 Å². The zero-order valence-corrected chi connectivity index (χ0v) is 42.1. The molecule has 4 aliphatic carbocycles. The smallest absolute Gasteiger partial charge is 0.187 e. The lowest BCUT2D eigenvalue weighted by molar-refractivity contribution is -0.400. The van der Waals surface area contributed by atoms with Gasteiger partial charge in [-0.2, -0.15) is 0 Å². The van der Waals surface area contributed by atoms with Gasteiger partial charge in [0, 0.05) is 12.3 Å². The van der Waals surface area contributed by atoms with E-state index in [0.717, 1.165) is 51.6 Å². The van der Waals surface area contributed by atoms with E-state index in [9.17, 15) is 51.1 Å². The Bertz CT molecular complexity index is 1890. The lowest BCUT2D eigenvalue weighted by Gasteiger charge is -2.58. The zero-order chi connectivity index (χ0) is 50.8. The Balaban J connectivity index is 0.864. The summed E-state index contributed by atoms with van der Waals surface area (Å²) in [5.41, 5.74) is 1.44. The third kappa shape index (κ3) is 9.03. The molecule has 6 aliphatic heterocycles. The maximum atomic E-state index is 12.3. The molecule has 6 saturated heterocycles. The summed E-state index contributed by atoms with van der Waals surface area (Å²) in [4.78, 5) is 0. The van der Waals surface area contributed by atoms with Crippen LogP contribution in [-0.2, 0) is 47.4 Å². The molecule has 6 heterocycles. The first-order valence-electron chi connectivity index (χ1n) is 26.6. The summed E-state index contributed by atoms with van der Waals surface area (Å²) in [5, 5.41) is 110. The molecule has 9 fully saturated rings. The normalized spacial score (nSPS) is 58.4. The predicted octanol–water partition coefficient (Wildman–Crippen LogP) is 0.0935. The van der Waals surface area contributed by atoms with Gasteiger partial charge in [-0.25, -0.2) is 0 Å². The summed E-state index contributed by atoms with van der Waals surface area (Å²) in [5.74, 6) is 2.47. The highest BCUT2D eigenvalue weighted by molar-refractivity contribution is 5.26. The molecule has 31 atom stereocenters. The Kier molecular flexibility index (Phi) is 15.1. The van der Waals surface area contributed by atoms with E-state index in [4.69, 9.17) is 47.4 Å². The van der Waals surface area contributed by atoms with E-state index >= 15 is 0 Å². The molecular formula is C51H82O20. The maximum absolute atomic E-state index is 12.3. The van der Waals surface area contributed by atoms with E-state index in [1.54, 1.807) is 0 Å². The van der Waals surface area contributed by atoms with Crippen molar-refractivity contribution in [1.29, 1.82) is 0 Å².